The molecule has 2 amide bonds. The van der Waals surface area contributed by atoms with Crippen LogP contribution in [-0.2, 0) is 9.59 Å². The molecule has 0 spiro atoms. The maximum absolute atomic E-state index is 12.6. The van der Waals surface area contributed by atoms with E-state index in [1.807, 2.05) is 49.6 Å². The van der Waals surface area contributed by atoms with Gasteiger partial charge in [-0.2, -0.15) is 5.26 Å². The maximum atomic E-state index is 12.6. The summed E-state index contributed by atoms with van der Waals surface area (Å²) in [4.78, 5) is 27.8. The molecule has 2 aromatic rings. The van der Waals surface area contributed by atoms with Crippen LogP contribution in [0.2, 0.25) is 0 Å². The smallest absolute Gasteiger partial charge is 0.227 e. The summed E-state index contributed by atoms with van der Waals surface area (Å²) in [5.74, 6) is -0.514. The molecule has 1 heterocycles. The van der Waals surface area contributed by atoms with Gasteiger partial charge in [0.1, 0.15) is 0 Å². The first kappa shape index (κ1) is 19.0. The molecule has 1 aliphatic rings. The summed E-state index contributed by atoms with van der Waals surface area (Å²) >= 11 is 1.65. The third-order valence-corrected chi connectivity index (χ3v) is 5.52. The van der Waals surface area contributed by atoms with Crippen LogP contribution in [0.5, 0.6) is 0 Å². The van der Waals surface area contributed by atoms with Crippen LogP contribution in [0.15, 0.2) is 53.4 Å². The van der Waals surface area contributed by atoms with E-state index >= 15 is 0 Å². The predicted octanol–water partition coefficient (Wildman–Crippen LogP) is 3.51. The lowest BCUT2D eigenvalue weighted by atomic mass is 10.0. The molecule has 0 saturated carbocycles. The summed E-state index contributed by atoms with van der Waals surface area (Å²) in [5.41, 5.74) is 2.34. The molecule has 1 saturated heterocycles. The van der Waals surface area contributed by atoms with Crippen molar-refractivity contribution in [2.45, 2.75) is 24.3 Å². The highest BCUT2D eigenvalue weighted by molar-refractivity contribution is 7.98. The minimum Gasteiger partial charge on any atom is -0.349 e. The van der Waals surface area contributed by atoms with E-state index in [1.54, 1.807) is 28.8 Å². The summed E-state index contributed by atoms with van der Waals surface area (Å²) in [7, 11) is 0. The number of hydrogen-bond acceptors (Lipinski definition) is 4. The van der Waals surface area contributed by atoms with E-state index in [1.165, 1.54) is 0 Å². The van der Waals surface area contributed by atoms with E-state index in [2.05, 4.69) is 11.4 Å². The molecule has 0 aliphatic carbocycles. The van der Waals surface area contributed by atoms with E-state index < -0.39 is 0 Å². The van der Waals surface area contributed by atoms with Gasteiger partial charge in [-0.15, -0.1) is 11.8 Å². The quantitative estimate of drug-likeness (QED) is 0.807. The Morgan fingerprint density at radius 2 is 1.89 bits per heavy atom. The lowest BCUT2D eigenvalue weighted by molar-refractivity contribution is -0.126. The van der Waals surface area contributed by atoms with Gasteiger partial charge in [-0.3, -0.25) is 9.59 Å². The van der Waals surface area contributed by atoms with E-state index in [9.17, 15) is 9.59 Å². The van der Waals surface area contributed by atoms with Crippen molar-refractivity contribution in [3.05, 3.63) is 59.7 Å². The first-order chi connectivity index (χ1) is 13.0. The molecule has 0 aromatic heterocycles. The average molecular weight is 379 g/mol. The predicted molar refractivity (Wildman–Crippen MR) is 106 cm³/mol. The van der Waals surface area contributed by atoms with E-state index in [-0.39, 0.29) is 30.2 Å². The van der Waals surface area contributed by atoms with Crippen LogP contribution < -0.4 is 10.2 Å². The van der Waals surface area contributed by atoms with Gasteiger partial charge in [0.25, 0.3) is 0 Å². The molecule has 6 heteroatoms. The second-order valence-electron chi connectivity index (χ2n) is 6.57. The Bertz CT molecular complexity index is 872. The molecule has 1 fully saturated rings. The first-order valence-electron chi connectivity index (χ1n) is 8.76. The second-order valence-corrected chi connectivity index (χ2v) is 7.45. The number of amides is 2. The molecule has 0 radical (unpaired) electrons. The molecule has 138 valence electrons. The van der Waals surface area contributed by atoms with Gasteiger partial charge in [-0.25, -0.2) is 0 Å². The summed E-state index contributed by atoms with van der Waals surface area (Å²) in [5, 5.41) is 11.9. The Hall–Kier alpha value is -2.78. The molecule has 1 N–H and O–H groups in total. The van der Waals surface area contributed by atoms with Crippen LogP contribution in [-0.4, -0.2) is 24.6 Å². The fourth-order valence-electron chi connectivity index (χ4n) is 3.16. The van der Waals surface area contributed by atoms with Gasteiger partial charge in [0.15, 0.2) is 0 Å². The van der Waals surface area contributed by atoms with Crippen LogP contribution in [0.4, 0.5) is 5.69 Å². The molecule has 5 nitrogen and oxygen atoms in total. The Morgan fingerprint density at radius 3 is 2.48 bits per heavy atom. The highest BCUT2D eigenvalue weighted by Gasteiger charge is 2.35. The highest BCUT2D eigenvalue weighted by atomic mass is 32.2. The number of benzene rings is 2. The number of nitrogens with one attached hydrogen (secondary N) is 1. The number of carbonyl (C=O) groups excluding carboxylic acids is 2. The van der Waals surface area contributed by atoms with Gasteiger partial charge in [-0.05, 0) is 55.1 Å². The number of anilines is 1. The SMILES string of the molecule is CSc1ccc(N2CC(C(=O)NC(C)c3ccc(C#N)cc3)CC2=O)cc1. The average Bonchev–Trinajstić information content (AvgIpc) is 3.10. The maximum Gasteiger partial charge on any atom is 0.227 e. The minimum absolute atomic E-state index is 0.0296. The first-order valence-corrected chi connectivity index (χ1v) is 9.99. The minimum atomic E-state index is -0.362. The number of nitrogens with zero attached hydrogens (tertiary/aromatic N) is 2. The molecule has 2 aromatic carbocycles. The zero-order valence-corrected chi connectivity index (χ0v) is 16.1. The molecular formula is C21H21N3O2S. The van der Waals surface area contributed by atoms with Crippen LogP contribution in [0.1, 0.15) is 30.5 Å². The summed E-state index contributed by atoms with van der Waals surface area (Å²) in [6, 6.07) is 16.8. The lowest BCUT2D eigenvalue weighted by Gasteiger charge is -2.19. The molecule has 1 aliphatic heterocycles. The third kappa shape index (κ3) is 4.32. The molecule has 27 heavy (non-hydrogen) atoms. The van der Waals surface area contributed by atoms with Crippen molar-refractivity contribution in [2.24, 2.45) is 5.92 Å². The Balaban J connectivity index is 1.63. The highest BCUT2D eigenvalue weighted by Crippen LogP contribution is 2.27. The van der Waals surface area contributed by atoms with Crippen molar-refractivity contribution in [1.29, 1.82) is 5.26 Å². The van der Waals surface area contributed by atoms with Gasteiger partial charge < -0.3 is 10.2 Å². The fraction of sp³-hybridized carbons (Fsp3) is 0.286. The van der Waals surface area contributed by atoms with E-state index in [4.69, 9.17) is 5.26 Å². The third-order valence-electron chi connectivity index (χ3n) is 4.78. The Kier molecular flexibility index (Phi) is 5.82. The van der Waals surface area contributed by atoms with Crippen molar-refractivity contribution < 1.29 is 9.59 Å². The van der Waals surface area contributed by atoms with Crippen LogP contribution in [0.3, 0.4) is 0 Å². The van der Waals surface area contributed by atoms with Crippen molar-refractivity contribution >= 4 is 29.3 Å². The van der Waals surface area contributed by atoms with Crippen molar-refractivity contribution in [3.8, 4) is 6.07 Å². The largest absolute Gasteiger partial charge is 0.349 e. The van der Waals surface area contributed by atoms with Crippen molar-refractivity contribution in [1.82, 2.24) is 5.32 Å². The Labute approximate surface area is 163 Å². The fourth-order valence-corrected chi connectivity index (χ4v) is 3.56. The molecule has 3 rings (SSSR count). The van der Waals surface area contributed by atoms with Crippen molar-refractivity contribution in [3.63, 3.8) is 0 Å². The van der Waals surface area contributed by atoms with Crippen molar-refractivity contribution in [2.75, 3.05) is 17.7 Å². The van der Waals surface area contributed by atoms with Crippen LogP contribution in [0, 0.1) is 17.2 Å². The lowest BCUT2D eigenvalue weighted by Crippen LogP contribution is -2.34. The molecular weight excluding hydrogens is 358 g/mol. The zero-order chi connectivity index (χ0) is 19.4. The number of carbonyl (C=O) groups is 2. The monoisotopic (exact) mass is 379 g/mol. The van der Waals surface area contributed by atoms with Gasteiger partial charge in [-0.1, -0.05) is 12.1 Å². The number of nitriles is 1. The molecule has 0 bridgehead atoms. The normalized spacial score (nSPS) is 17.4. The topological polar surface area (TPSA) is 73.2 Å². The summed E-state index contributed by atoms with van der Waals surface area (Å²) in [6.45, 7) is 2.29. The number of thioether (sulfide) groups is 1. The standard InChI is InChI=1S/C21H21N3O2S/c1-14(16-5-3-15(12-22)4-6-16)23-21(26)17-11-20(25)24(13-17)18-7-9-19(27-2)10-8-18/h3-10,14,17H,11,13H2,1-2H3,(H,23,26). The number of rotatable bonds is 5. The summed E-state index contributed by atoms with van der Waals surface area (Å²) < 4.78 is 0. The number of hydrogen-bond donors (Lipinski definition) is 1. The van der Waals surface area contributed by atoms with Gasteiger partial charge in [0.05, 0.1) is 23.6 Å². The van der Waals surface area contributed by atoms with Crippen LogP contribution >= 0.6 is 11.8 Å². The van der Waals surface area contributed by atoms with E-state index in [0.29, 0.717) is 12.1 Å². The van der Waals surface area contributed by atoms with Gasteiger partial charge in [0.2, 0.25) is 11.8 Å². The zero-order valence-electron chi connectivity index (χ0n) is 15.3. The van der Waals surface area contributed by atoms with Gasteiger partial charge in [0, 0.05) is 23.5 Å². The summed E-state index contributed by atoms with van der Waals surface area (Å²) in [6.07, 6.45) is 2.22. The van der Waals surface area contributed by atoms with Gasteiger partial charge >= 0.3 is 0 Å². The van der Waals surface area contributed by atoms with Crippen LogP contribution in [0.25, 0.3) is 0 Å². The second kappa shape index (κ2) is 8.28. The molecule has 2 unspecified atom stereocenters. The molecule has 2 atom stereocenters. The van der Waals surface area contributed by atoms with E-state index in [0.717, 1.165) is 16.1 Å². The Morgan fingerprint density at radius 1 is 1.22 bits per heavy atom.